The minimum atomic E-state index is -2.90. The van der Waals surface area contributed by atoms with Gasteiger partial charge in [-0.2, -0.15) is 0 Å². The maximum atomic E-state index is 11.2. The molecule has 1 rings (SSSR count). The Hall–Kier alpha value is -0.780. The molecule has 0 aliphatic carbocycles. The molecule has 4 N–H and O–H groups in total. The zero-order valence-electron chi connectivity index (χ0n) is 6.73. The molecule has 0 saturated carbocycles. The van der Waals surface area contributed by atoms with Gasteiger partial charge in [-0.05, 0) is 12.8 Å². The van der Waals surface area contributed by atoms with E-state index < -0.39 is 9.84 Å². The number of rotatable bonds is 2. The third kappa shape index (κ3) is 2.10. The molecule has 1 unspecified atom stereocenters. The van der Waals surface area contributed by atoms with Crippen LogP contribution in [-0.4, -0.2) is 31.9 Å². The highest BCUT2D eigenvalue weighted by atomic mass is 32.2. The molecule has 1 saturated heterocycles. The second kappa shape index (κ2) is 3.30. The Morgan fingerprint density at radius 3 is 2.58 bits per heavy atom. The molecule has 70 valence electrons. The summed E-state index contributed by atoms with van der Waals surface area (Å²) >= 11 is 0. The summed E-state index contributed by atoms with van der Waals surface area (Å²) in [6, 6.07) is 0. The van der Waals surface area contributed by atoms with Crippen LogP contribution in [0.1, 0.15) is 12.8 Å². The van der Waals surface area contributed by atoms with Crippen LogP contribution in [0.2, 0.25) is 0 Å². The quantitative estimate of drug-likeness (QED) is 0.424. The fourth-order valence-corrected chi connectivity index (χ4v) is 3.00. The second-order valence-corrected chi connectivity index (χ2v) is 5.30. The van der Waals surface area contributed by atoms with Crippen LogP contribution in [-0.2, 0) is 9.84 Å². The average Bonchev–Trinajstić information content (AvgIpc) is 2.25. The van der Waals surface area contributed by atoms with E-state index in [1.807, 2.05) is 0 Å². The van der Waals surface area contributed by atoms with Gasteiger partial charge in [-0.15, -0.1) is 0 Å². The van der Waals surface area contributed by atoms with E-state index in [1.54, 1.807) is 0 Å². The minimum absolute atomic E-state index is 0.0444. The van der Waals surface area contributed by atoms with E-state index in [-0.39, 0.29) is 23.5 Å². The van der Waals surface area contributed by atoms with Gasteiger partial charge in [0.05, 0.1) is 17.5 Å². The van der Waals surface area contributed by atoms with E-state index in [4.69, 9.17) is 11.5 Å². The zero-order chi connectivity index (χ0) is 9.19. The Balaban J connectivity index is 2.60. The fourth-order valence-electron chi connectivity index (χ4n) is 1.27. The molecule has 0 aromatic rings. The molecule has 12 heavy (non-hydrogen) atoms. The molecule has 0 spiro atoms. The molecular formula is C6H13N3O2S. The van der Waals surface area contributed by atoms with Gasteiger partial charge in [0.1, 0.15) is 0 Å². The van der Waals surface area contributed by atoms with Gasteiger partial charge < -0.3 is 11.5 Å². The van der Waals surface area contributed by atoms with Crippen molar-refractivity contribution in [3.05, 3.63) is 0 Å². The summed E-state index contributed by atoms with van der Waals surface area (Å²) in [4.78, 5) is 3.70. The molecule has 1 aliphatic rings. The summed E-state index contributed by atoms with van der Waals surface area (Å²) in [6.07, 6.45) is 1.41. The van der Waals surface area contributed by atoms with Crippen LogP contribution in [0.4, 0.5) is 0 Å². The van der Waals surface area contributed by atoms with Gasteiger partial charge in [-0.25, -0.2) is 8.42 Å². The first-order valence-electron chi connectivity index (χ1n) is 3.79. The lowest BCUT2D eigenvalue weighted by Gasteiger charge is -2.04. The van der Waals surface area contributed by atoms with E-state index in [0.717, 1.165) is 6.42 Å². The van der Waals surface area contributed by atoms with Crippen LogP contribution in [0, 0.1) is 0 Å². The highest BCUT2D eigenvalue weighted by Crippen LogP contribution is 2.19. The highest BCUT2D eigenvalue weighted by molar-refractivity contribution is 7.92. The molecule has 0 aromatic carbocycles. The first-order chi connectivity index (χ1) is 5.52. The van der Waals surface area contributed by atoms with E-state index in [9.17, 15) is 8.42 Å². The molecule has 1 fully saturated rings. The lowest BCUT2D eigenvalue weighted by molar-refractivity contribution is 0.590. The lowest BCUT2D eigenvalue weighted by atomic mass is 10.2. The van der Waals surface area contributed by atoms with E-state index in [1.165, 1.54) is 0 Å². The van der Waals surface area contributed by atoms with Crippen molar-refractivity contribution in [3.8, 4) is 0 Å². The summed E-state index contributed by atoms with van der Waals surface area (Å²) in [5, 5.41) is -0.361. The molecule has 0 amide bonds. The summed E-state index contributed by atoms with van der Waals surface area (Å²) in [5.74, 6) is 0.231. The first kappa shape index (κ1) is 9.31. The zero-order valence-corrected chi connectivity index (χ0v) is 7.55. The normalized spacial score (nSPS) is 26.8. The Morgan fingerprint density at radius 2 is 2.17 bits per heavy atom. The Kier molecular flexibility index (Phi) is 2.56. The summed E-state index contributed by atoms with van der Waals surface area (Å²) in [5.41, 5.74) is 10.2. The van der Waals surface area contributed by atoms with Gasteiger partial charge in [0, 0.05) is 0 Å². The van der Waals surface area contributed by atoms with Crippen LogP contribution in [0.5, 0.6) is 0 Å². The largest absolute Gasteiger partial charge is 0.370 e. The maximum Gasteiger partial charge on any atom is 0.185 e. The Labute approximate surface area is 71.8 Å². The number of nitrogens with two attached hydrogens (primary N) is 2. The lowest BCUT2D eigenvalue weighted by Crippen LogP contribution is -2.26. The Bertz CT molecular complexity index is 279. The van der Waals surface area contributed by atoms with Crippen molar-refractivity contribution >= 4 is 15.8 Å². The molecule has 0 aromatic heterocycles. The van der Waals surface area contributed by atoms with E-state index in [0.29, 0.717) is 6.42 Å². The number of aliphatic imine (C=N–C) groups is 1. The summed E-state index contributed by atoms with van der Waals surface area (Å²) in [6.45, 7) is 0.213. The van der Waals surface area contributed by atoms with Crippen molar-refractivity contribution in [1.29, 1.82) is 0 Å². The predicted octanol–water partition coefficient (Wildman–Crippen LogP) is -1.16. The predicted molar refractivity (Wildman–Crippen MR) is 47.5 cm³/mol. The Morgan fingerprint density at radius 1 is 1.50 bits per heavy atom. The van der Waals surface area contributed by atoms with Gasteiger partial charge in [-0.3, -0.25) is 4.99 Å². The van der Waals surface area contributed by atoms with Crippen LogP contribution < -0.4 is 11.5 Å². The summed E-state index contributed by atoms with van der Waals surface area (Å²) in [7, 11) is -2.90. The molecule has 1 atom stereocenters. The molecule has 5 nitrogen and oxygen atoms in total. The SMILES string of the molecule is NC(N)=NCC1CCCS1(=O)=O. The monoisotopic (exact) mass is 191 g/mol. The summed E-state index contributed by atoms with van der Waals surface area (Å²) < 4.78 is 22.4. The van der Waals surface area contributed by atoms with Gasteiger partial charge >= 0.3 is 0 Å². The maximum absolute atomic E-state index is 11.2. The third-order valence-electron chi connectivity index (χ3n) is 1.94. The smallest absolute Gasteiger partial charge is 0.185 e. The number of hydrogen-bond donors (Lipinski definition) is 2. The topological polar surface area (TPSA) is 98.5 Å². The van der Waals surface area contributed by atoms with Gasteiger partial charge in [0.15, 0.2) is 15.8 Å². The number of guanidine groups is 1. The van der Waals surface area contributed by atoms with Crippen LogP contribution in [0.3, 0.4) is 0 Å². The molecule has 6 heteroatoms. The van der Waals surface area contributed by atoms with E-state index >= 15 is 0 Å². The van der Waals surface area contributed by atoms with Gasteiger partial charge in [0.2, 0.25) is 0 Å². The minimum Gasteiger partial charge on any atom is -0.370 e. The van der Waals surface area contributed by atoms with Crippen molar-refractivity contribution < 1.29 is 8.42 Å². The van der Waals surface area contributed by atoms with Crippen molar-refractivity contribution in [2.45, 2.75) is 18.1 Å². The number of hydrogen-bond acceptors (Lipinski definition) is 3. The molecule has 0 bridgehead atoms. The molecule has 1 aliphatic heterocycles. The molecular weight excluding hydrogens is 178 g/mol. The number of sulfone groups is 1. The number of nitrogens with zero attached hydrogens (tertiary/aromatic N) is 1. The van der Waals surface area contributed by atoms with Crippen LogP contribution >= 0.6 is 0 Å². The van der Waals surface area contributed by atoms with Crippen LogP contribution in [0.15, 0.2) is 4.99 Å². The van der Waals surface area contributed by atoms with Crippen LogP contribution in [0.25, 0.3) is 0 Å². The second-order valence-electron chi connectivity index (χ2n) is 2.90. The standard InChI is InChI=1S/C6H13N3O2S/c7-6(8)9-4-5-2-1-3-12(5,10)11/h5H,1-4H2,(H4,7,8,9). The van der Waals surface area contributed by atoms with Crippen molar-refractivity contribution in [2.75, 3.05) is 12.3 Å². The highest BCUT2D eigenvalue weighted by Gasteiger charge is 2.30. The van der Waals surface area contributed by atoms with Crippen molar-refractivity contribution in [2.24, 2.45) is 16.5 Å². The molecule has 0 radical (unpaired) electrons. The fraction of sp³-hybridized carbons (Fsp3) is 0.833. The first-order valence-corrected chi connectivity index (χ1v) is 5.51. The van der Waals surface area contributed by atoms with Crippen molar-refractivity contribution in [1.82, 2.24) is 0 Å². The van der Waals surface area contributed by atoms with Gasteiger partial charge in [0.25, 0.3) is 0 Å². The third-order valence-corrected chi connectivity index (χ3v) is 4.20. The average molecular weight is 191 g/mol. The van der Waals surface area contributed by atoms with Crippen molar-refractivity contribution in [3.63, 3.8) is 0 Å². The van der Waals surface area contributed by atoms with Gasteiger partial charge in [-0.1, -0.05) is 0 Å². The molecule has 1 heterocycles. The van der Waals surface area contributed by atoms with E-state index in [2.05, 4.69) is 4.99 Å².